The monoisotopic (exact) mass is 546 g/mol. The van der Waals surface area contributed by atoms with Gasteiger partial charge in [-0.3, -0.25) is 15.0 Å². The van der Waals surface area contributed by atoms with Gasteiger partial charge in [0.25, 0.3) is 10.0 Å². The summed E-state index contributed by atoms with van der Waals surface area (Å²) in [6.45, 7) is 2.26. The summed E-state index contributed by atoms with van der Waals surface area (Å²) in [4.78, 5) is 18.7. The molecule has 6 rings (SSSR count). The van der Waals surface area contributed by atoms with Crippen molar-refractivity contribution >= 4 is 37.3 Å². The number of thiophene rings is 1. The fourth-order valence-electron chi connectivity index (χ4n) is 4.42. The van der Waals surface area contributed by atoms with Gasteiger partial charge in [0.15, 0.2) is 0 Å². The number of ether oxygens (including phenoxy) is 1. The minimum absolute atomic E-state index is 0.00829. The summed E-state index contributed by atoms with van der Waals surface area (Å²) in [7, 11) is -2.61. The van der Waals surface area contributed by atoms with Crippen LogP contribution in [0.25, 0.3) is 31.9 Å². The third-order valence-electron chi connectivity index (χ3n) is 6.31. The fourth-order valence-corrected chi connectivity index (χ4v) is 6.77. The number of hydrogen-bond acceptors (Lipinski definition) is 10. The van der Waals surface area contributed by atoms with Crippen molar-refractivity contribution in [2.24, 2.45) is 0 Å². The van der Waals surface area contributed by atoms with Gasteiger partial charge in [-0.25, -0.2) is 23.4 Å². The number of sulfonamides is 1. The quantitative estimate of drug-likeness (QED) is 0.284. The molecule has 8 bridgehead atoms. The third-order valence-corrected chi connectivity index (χ3v) is 9.01. The van der Waals surface area contributed by atoms with Gasteiger partial charge in [-0.15, -0.1) is 11.3 Å². The minimum atomic E-state index is -4.03. The van der Waals surface area contributed by atoms with Gasteiger partial charge in [0.1, 0.15) is 18.2 Å². The Balaban J connectivity index is 1.60. The molecule has 10 nitrogen and oxygen atoms in total. The molecule has 0 aliphatic carbocycles. The largest absolute Gasteiger partial charge is 0.480 e. The molecule has 1 aliphatic heterocycles. The van der Waals surface area contributed by atoms with Gasteiger partial charge in [0, 0.05) is 41.1 Å². The Labute approximate surface area is 222 Å². The number of methoxy groups -OCH3 is 1. The molecule has 0 saturated carbocycles. The molecule has 1 aliphatic rings. The van der Waals surface area contributed by atoms with Crippen LogP contribution in [-0.2, 0) is 16.6 Å². The van der Waals surface area contributed by atoms with E-state index in [2.05, 4.69) is 30.0 Å². The summed E-state index contributed by atoms with van der Waals surface area (Å²) in [6, 6.07) is 9.78. The third kappa shape index (κ3) is 4.27. The van der Waals surface area contributed by atoms with Crippen LogP contribution in [0.5, 0.6) is 5.88 Å². The molecule has 1 atom stereocenters. The second-order valence-electron chi connectivity index (χ2n) is 8.78. The number of aliphatic hydroxyl groups is 1. The number of fused-ring (bicyclic) bond motifs is 9. The van der Waals surface area contributed by atoms with Crippen LogP contribution in [0.15, 0.2) is 66.2 Å². The van der Waals surface area contributed by atoms with Gasteiger partial charge in [-0.2, -0.15) is 0 Å². The van der Waals surface area contributed by atoms with E-state index < -0.39 is 16.3 Å². The van der Waals surface area contributed by atoms with Crippen molar-refractivity contribution < 1.29 is 18.3 Å². The molecule has 0 amide bonds. The number of anilines is 1. The Bertz CT molecular complexity index is 1810. The van der Waals surface area contributed by atoms with E-state index in [0.29, 0.717) is 17.7 Å². The predicted molar refractivity (Wildman–Crippen MR) is 144 cm³/mol. The minimum Gasteiger partial charge on any atom is -0.480 e. The van der Waals surface area contributed by atoms with E-state index in [1.165, 1.54) is 36.9 Å². The highest BCUT2D eigenvalue weighted by Crippen LogP contribution is 2.42. The standard InChI is InChI=1S/C26H22N6O4S2/c1-14-21-24-22(31-13-30-21)17-6-15(9-27-11-17)10-28-25(33)16-4-3-5-19(7-16)38(34,35)32-20-8-18(23(14)37-24)12-29-26(20)36-2/h3-9,11-13,25,28,32-33H,10H2,1-2H3. The molecular weight excluding hydrogens is 524 g/mol. The lowest BCUT2D eigenvalue weighted by Gasteiger charge is -2.16. The van der Waals surface area contributed by atoms with Gasteiger partial charge < -0.3 is 9.84 Å². The summed E-state index contributed by atoms with van der Waals surface area (Å²) in [5, 5.41) is 13.8. The number of nitrogens with zero attached hydrogens (tertiary/aromatic N) is 4. The average Bonchev–Trinajstić information content (AvgIpc) is 3.27. The van der Waals surface area contributed by atoms with Crippen LogP contribution in [0.2, 0.25) is 0 Å². The maximum absolute atomic E-state index is 13.4. The number of nitrogens with one attached hydrogen (secondary N) is 2. The van der Waals surface area contributed by atoms with Crippen LogP contribution >= 0.6 is 11.3 Å². The average molecular weight is 547 g/mol. The highest BCUT2D eigenvalue weighted by Gasteiger charge is 2.22. The molecule has 4 aromatic heterocycles. The predicted octanol–water partition coefficient (Wildman–Crippen LogP) is 4.03. The first kappa shape index (κ1) is 24.4. The Kier molecular flexibility index (Phi) is 6.03. The molecule has 0 saturated heterocycles. The SMILES string of the molecule is COc1ncc2cc1NS(=O)(=O)c1cccc(c1)C(O)NCc1cncc(c1)-c1ncnc3c(C)c-2sc13. The van der Waals surface area contributed by atoms with Gasteiger partial charge in [-0.1, -0.05) is 12.1 Å². The molecule has 0 spiro atoms. The van der Waals surface area contributed by atoms with E-state index in [-0.39, 0.29) is 16.5 Å². The van der Waals surface area contributed by atoms with Crippen LogP contribution < -0.4 is 14.8 Å². The molecule has 192 valence electrons. The van der Waals surface area contributed by atoms with Crippen LogP contribution in [0, 0.1) is 6.92 Å². The summed E-state index contributed by atoms with van der Waals surface area (Å²) in [6.07, 6.45) is 5.52. The Morgan fingerprint density at radius 3 is 2.79 bits per heavy atom. The lowest BCUT2D eigenvalue weighted by atomic mass is 10.1. The van der Waals surface area contributed by atoms with Crippen molar-refractivity contribution in [1.82, 2.24) is 25.3 Å². The van der Waals surface area contributed by atoms with Crippen molar-refractivity contribution in [3.05, 3.63) is 78.0 Å². The molecule has 38 heavy (non-hydrogen) atoms. The number of hydrogen-bond donors (Lipinski definition) is 3. The van der Waals surface area contributed by atoms with Gasteiger partial charge in [-0.05, 0) is 47.9 Å². The zero-order valence-electron chi connectivity index (χ0n) is 20.3. The molecular formula is C26H22N6O4S2. The maximum Gasteiger partial charge on any atom is 0.262 e. The second-order valence-corrected chi connectivity index (χ2v) is 11.5. The van der Waals surface area contributed by atoms with Gasteiger partial charge >= 0.3 is 0 Å². The number of pyridine rings is 2. The molecule has 0 fully saturated rings. The molecule has 1 unspecified atom stereocenters. The summed E-state index contributed by atoms with van der Waals surface area (Å²) < 4.78 is 35.6. The van der Waals surface area contributed by atoms with Gasteiger partial charge in [0.05, 0.1) is 27.9 Å². The van der Waals surface area contributed by atoms with Crippen LogP contribution in [0.4, 0.5) is 5.69 Å². The van der Waals surface area contributed by atoms with Crippen LogP contribution in [0.1, 0.15) is 22.9 Å². The van der Waals surface area contributed by atoms with Crippen molar-refractivity contribution in [2.75, 3.05) is 11.8 Å². The first-order valence-electron chi connectivity index (χ1n) is 11.6. The van der Waals surface area contributed by atoms with E-state index in [9.17, 15) is 13.5 Å². The first-order chi connectivity index (χ1) is 18.3. The lowest BCUT2D eigenvalue weighted by Crippen LogP contribution is -2.21. The Morgan fingerprint density at radius 1 is 1.08 bits per heavy atom. The number of aliphatic hydroxyl groups excluding tert-OH is 1. The van der Waals surface area contributed by atoms with E-state index in [1.807, 2.05) is 13.0 Å². The molecule has 12 heteroatoms. The molecule has 1 aromatic carbocycles. The van der Waals surface area contributed by atoms with Gasteiger partial charge in [0.2, 0.25) is 5.88 Å². The smallest absolute Gasteiger partial charge is 0.262 e. The number of rotatable bonds is 1. The summed E-state index contributed by atoms with van der Waals surface area (Å²) in [5.41, 5.74) is 5.40. The zero-order valence-corrected chi connectivity index (χ0v) is 22.0. The van der Waals surface area contributed by atoms with E-state index in [1.54, 1.807) is 36.8 Å². The Hall–Kier alpha value is -3.97. The first-order valence-corrected chi connectivity index (χ1v) is 13.9. The number of benzene rings is 1. The van der Waals surface area contributed by atoms with Crippen molar-refractivity contribution in [2.45, 2.75) is 24.6 Å². The van der Waals surface area contributed by atoms with E-state index in [4.69, 9.17) is 4.74 Å². The van der Waals surface area contributed by atoms with E-state index in [0.717, 1.165) is 37.5 Å². The molecule has 5 heterocycles. The van der Waals surface area contributed by atoms with E-state index >= 15 is 0 Å². The highest BCUT2D eigenvalue weighted by molar-refractivity contribution is 7.92. The molecule has 5 aromatic rings. The normalized spacial score (nSPS) is 16.4. The van der Waals surface area contributed by atoms with Crippen LogP contribution in [-0.4, -0.2) is 40.6 Å². The highest BCUT2D eigenvalue weighted by atomic mass is 32.2. The maximum atomic E-state index is 13.4. The van der Waals surface area contributed by atoms with Crippen molar-refractivity contribution in [3.8, 4) is 27.6 Å². The number of aromatic nitrogens is 4. The summed E-state index contributed by atoms with van der Waals surface area (Å²) in [5.74, 6) is 0.131. The molecule has 0 radical (unpaired) electrons. The zero-order chi connectivity index (χ0) is 26.4. The lowest BCUT2D eigenvalue weighted by molar-refractivity contribution is 0.137. The Morgan fingerprint density at radius 2 is 1.95 bits per heavy atom. The van der Waals surface area contributed by atoms with Crippen molar-refractivity contribution in [3.63, 3.8) is 0 Å². The number of aryl methyl sites for hydroxylation is 1. The topological polar surface area (TPSA) is 139 Å². The molecule has 3 N–H and O–H groups in total. The summed E-state index contributed by atoms with van der Waals surface area (Å²) >= 11 is 1.50. The fraction of sp³-hybridized carbons (Fsp3) is 0.154. The van der Waals surface area contributed by atoms with Crippen molar-refractivity contribution in [1.29, 1.82) is 0 Å². The second kappa shape index (κ2) is 9.40. The van der Waals surface area contributed by atoms with Crippen LogP contribution in [0.3, 0.4) is 0 Å².